The van der Waals surface area contributed by atoms with E-state index in [2.05, 4.69) is 24.4 Å². The van der Waals surface area contributed by atoms with Crippen molar-refractivity contribution in [1.29, 1.82) is 0 Å². The van der Waals surface area contributed by atoms with Crippen LogP contribution in [-0.4, -0.2) is 24.6 Å². The van der Waals surface area contributed by atoms with Gasteiger partial charge in [0.2, 0.25) is 0 Å². The van der Waals surface area contributed by atoms with Crippen LogP contribution < -0.4 is 5.32 Å². The van der Waals surface area contributed by atoms with Crippen molar-refractivity contribution in [2.75, 3.05) is 18.8 Å². The van der Waals surface area contributed by atoms with Gasteiger partial charge in [0.15, 0.2) is 5.78 Å². The highest BCUT2D eigenvalue weighted by Gasteiger charge is 2.21. The zero-order chi connectivity index (χ0) is 12.8. The monoisotopic (exact) mass is 263 g/mol. The lowest BCUT2D eigenvalue weighted by Gasteiger charge is -2.21. The van der Waals surface area contributed by atoms with Gasteiger partial charge in [-0.15, -0.1) is 11.8 Å². The minimum absolute atomic E-state index is 0.223. The molecule has 98 valence electrons. The first-order valence-corrected chi connectivity index (χ1v) is 7.77. The average molecular weight is 263 g/mol. The molecule has 1 aromatic rings. The maximum Gasteiger partial charge on any atom is 0.166 e. The SMILES string of the molecule is CCCSc1ccc(C(=O)C2CCNCC2)cc1. The van der Waals surface area contributed by atoms with Crippen LogP contribution in [0.5, 0.6) is 0 Å². The van der Waals surface area contributed by atoms with Crippen LogP contribution in [0.15, 0.2) is 29.2 Å². The predicted octanol–water partition coefficient (Wildman–Crippen LogP) is 3.37. The molecule has 0 aromatic heterocycles. The number of hydrogen-bond donors (Lipinski definition) is 1. The third-order valence-corrected chi connectivity index (χ3v) is 4.54. The normalized spacial score (nSPS) is 16.7. The zero-order valence-corrected chi connectivity index (χ0v) is 11.8. The number of piperidine rings is 1. The maximum absolute atomic E-state index is 12.3. The first kappa shape index (κ1) is 13.6. The highest BCUT2D eigenvalue weighted by Crippen LogP contribution is 2.22. The van der Waals surface area contributed by atoms with E-state index in [9.17, 15) is 4.79 Å². The highest BCUT2D eigenvalue weighted by atomic mass is 32.2. The molecular formula is C15H21NOS. The average Bonchev–Trinajstić information content (AvgIpc) is 2.46. The van der Waals surface area contributed by atoms with E-state index < -0.39 is 0 Å². The Bertz CT molecular complexity index is 382. The van der Waals surface area contributed by atoms with E-state index in [-0.39, 0.29) is 5.92 Å². The Kier molecular flexibility index (Phi) is 5.26. The standard InChI is InChI=1S/C15H21NOS/c1-2-11-18-14-5-3-12(4-6-14)15(17)13-7-9-16-10-8-13/h3-6,13,16H,2,7-11H2,1H3. The molecule has 2 nitrogen and oxygen atoms in total. The first-order chi connectivity index (χ1) is 8.81. The Morgan fingerprint density at radius 2 is 1.94 bits per heavy atom. The lowest BCUT2D eigenvalue weighted by molar-refractivity contribution is 0.0895. The molecule has 0 aliphatic carbocycles. The summed E-state index contributed by atoms with van der Waals surface area (Å²) in [6, 6.07) is 8.13. The molecular weight excluding hydrogens is 242 g/mol. The Balaban J connectivity index is 1.97. The third kappa shape index (κ3) is 3.59. The third-order valence-electron chi connectivity index (χ3n) is 3.32. The lowest BCUT2D eigenvalue weighted by atomic mass is 9.90. The minimum atomic E-state index is 0.223. The van der Waals surface area contributed by atoms with Crippen molar-refractivity contribution in [3.8, 4) is 0 Å². The van der Waals surface area contributed by atoms with Gasteiger partial charge in [-0.3, -0.25) is 4.79 Å². The van der Waals surface area contributed by atoms with Crippen molar-refractivity contribution < 1.29 is 4.79 Å². The van der Waals surface area contributed by atoms with Crippen LogP contribution in [0.25, 0.3) is 0 Å². The van der Waals surface area contributed by atoms with E-state index in [1.165, 1.54) is 11.3 Å². The van der Waals surface area contributed by atoms with Crippen LogP contribution >= 0.6 is 11.8 Å². The minimum Gasteiger partial charge on any atom is -0.317 e. The Morgan fingerprint density at radius 1 is 1.28 bits per heavy atom. The molecule has 1 fully saturated rings. The maximum atomic E-state index is 12.3. The van der Waals surface area contributed by atoms with Gasteiger partial charge in [0, 0.05) is 16.4 Å². The van der Waals surface area contributed by atoms with Gasteiger partial charge in [0.1, 0.15) is 0 Å². The second-order valence-electron chi connectivity index (χ2n) is 4.76. The molecule has 18 heavy (non-hydrogen) atoms. The summed E-state index contributed by atoms with van der Waals surface area (Å²) in [5, 5.41) is 3.30. The highest BCUT2D eigenvalue weighted by molar-refractivity contribution is 7.99. The van der Waals surface area contributed by atoms with Gasteiger partial charge in [-0.2, -0.15) is 0 Å². The molecule has 2 rings (SSSR count). The van der Waals surface area contributed by atoms with E-state index in [1.807, 2.05) is 23.9 Å². The summed E-state index contributed by atoms with van der Waals surface area (Å²) in [6.07, 6.45) is 3.14. The fourth-order valence-electron chi connectivity index (χ4n) is 2.26. The van der Waals surface area contributed by atoms with Crippen molar-refractivity contribution in [3.05, 3.63) is 29.8 Å². The van der Waals surface area contributed by atoms with Crippen molar-refractivity contribution in [3.63, 3.8) is 0 Å². The van der Waals surface area contributed by atoms with Crippen molar-refractivity contribution in [2.45, 2.75) is 31.1 Å². The van der Waals surface area contributed by atoms with E-state index >= 15 is 0 Å². The van der Waals surface area contributed by atoms with Gasteiger partial charge in [-0.05, 0) is 50.2 Å². The largest absolute Gasteiger partial charge is 0.317 e. The molecule has 0 radical (unpaired) electrons. The number of carbonyl (C=O) groups is 1. The van der Waals surface area contributed by atoms with E-state index in [0.29, 0.717) is 5.78 Å². The van der Waals surface area contributed by atoms with Crippen LogP contribution in [-0.2, 0) is 0 Å². The summed E-state index contributed by atoms with van der Waals surface area (Å²) in [4.78, 5) is 13.6. The van der Waals surface area contributed by atoms with Crippen LogP contribution in [0.3, 0.4) is 0 Å². The van der Waals surface area contributed by atoms with Crippen molar-refractivity contribution in [2.24, 2.45) is 5.92 Å². The summed E-state index contributed by atoms with van der Waals surface area (Å²) >= 11 is 1.86. The summed E-state index contributed by atoms with van der Waals surface area (Å²) in [5.74, 6) is 1.69. The van der Waals surface area contributed by atoms with Gasteiger partial charge in [-0.1, -0.05) is 19.1 Å². The van der Waals surface area contributed by atoms with Crippen LogP contribution in [0, 0.1) is 5.92 Å². The van der Waals surface area contributed by atoms with Gasteiger partial charge < -0.3 is 5.32 Å². The summed E-state index contributed by atoms with van der Waals surface area (Å²) in [7, 11) is 0. The molecule has 0 spiro atoms. The van der Waals surface area contributed by atoms with Crippen LogP contribution in [0.4, 0.5) is 0 Å². The molecule has 1 aliphatic heterocycles. The molecule has 1 N–H and O–H groups in total. The molecule has 0 atom stereocenters. The number of ketones is 1. The number of carbonyl (C=O) groups excluding carboxylic acids is 1. The van der Waals surface area contributed by atoms with Crippen molar-refractivity contribution >= 4 is 17.5 Å². The molecule has 0 saturated carbocycles. The number of rotatable bonds is 5. The Hall–Kier alpha value is -0.800. The van der Waals surface area contributed by atoms with Gasteiger partial charge in [-0.25, -0.2) is 0 Å². The summed E-state index contributed by atoms with van der Waals surface area (Å²) in [5.41, 5.74) is 0.878. The number of thioether (sulfide) groups is 1. The second kappa shape index (κ2) is 6.95. The molecule has 1 aromatic carbocycles. The van der Waals surface area contributed by atoms with Crippen LogP contribution in [0.2, 0.25) is 0 Å². The van der Waals surface area contributed by atoms with E-state index in [0.717, 1.165) is 37.2 Å². The molecule has 1 saturated heterocycles. The molecule has 3 heteroatoms. The molecule has 0 unspecified atom stereocenters. The van der Waals surface area contributed by atoms with E-state index in [4.69, 9.17) is 0 Å². The lowest BCUT2D eigenvalue weighted by Crippen LogP contribution is -2.31. The quantitative estimate of drug-likeness (QED) is 0.652. The van der Waals surface area contributed by atoms with Gasteiger partial charge in [0.25, 0.3) is 0 Å². The van der Waals surface area contributed by atoms with E-state index in [1.54, 1.807) is 0 Å². The first-order valence-electron chi connectivity index (χ1n) is 6.79. The molecule has 1 heterocycles. The van der Waals surface area contributed by atoms with Gasteiger partial charge in [0.05, 0.1) is 0 Å². The molecule has 0 bridgehead atoms. The van der Waals surface area contributed by atoms with Crippen molar-refractivity contribution in [1.82, 2.24) is 5.32 Å². The molecule has 0 amide bonds. The fourth-order valence-corrected chi connectivity index (χ4v) is 3.02. The Morgan fingerprint density at radius 3 is 2.56 bits per heavy atom. The number of hydrogen-bond acceptors (Lipinski definition) is 3. The number of nitrogens with one attached hydrogen (secondary N) is 1. The van der Waals surface area contributed by atoms with Gasteiger partial charge >= 0.3 is 0 Å². The molecule has 1 aliphatic rings. The predicted molar refractivity (Wildman–Crippen MR) is 77.4 cm³/mol. The summed E-state index contributed by atoms with van der Waals surface area (Å²) in [6.45, 7) is 4.13. The topological polar surface area (TPSA) is 29.1 Å². The Labute approximate surface area is 114 Å². The zero-order valence-electron chi connectivity index (χ0n) is 10.9. The smallest absolute Gasteiger partial charge is 0.166 e. The number of Topliss-reactive ketones (excluding diaryl/α,β-unsaturated/α-hetero) is 1. The number of benzene rings is 1. The summed E-state index contributed by atoms with van der Waals surface area (Å²) < 4.78 is 0. The fraction of sp³-hybridized carbons (Fsp3) is 0.533. The van der Waals surface area contributed by atoms with Crippen LogP contribution in [0.1, 0.15) is 36.5 Å². The second-order valence-corrected chi connectivity index (χ2v) is 5.93.